The monoisotopic (exact) mass is 615 g/mol. The van der Waals surface area contributed by atoms with Crippen LogP contribution in [-0.4, -0.2) is 36.9 Å². The van der Waals surface area contributed by atoms with E-state index in [2.05, 4.69) is 48.5 Å². The van der Waals surface area contributed by atoms with Gasteiger partial charge in [0.05, 0.1) is 30.0 Å². The van der Waals surface area contributed by atoms with Gasteiger partial charge in [-0.3, -0.25) is 0 Å². The van der Waals surface area contributed by atoms with Crippen molar-refractivity contribution in [3.8, 4) is 5.69 Å². The van der Waals surface area contributed by atoms with Gasteiger partial charge in [-0.25, -0.2) is 23.5 Å². The molecule has 0 bridgehead atoms. The van der Waals surface area contributed by atoms with E-state index in [1.165, 1.54) is 15.7 Å². The van der Waals surface area contributed by atoms with Gasteiger partial charge < -0.3 is 10.2 Å². The number of aliphatic hydroxyl groups excluding tert-OH is 2. The van der Waals surface area contributed by atoms with Crippen LogP contribution in [0.25, 0.3) is 5.69 Å². The predicted molar refractivity (Wildman–Crippen MR) is 175 cm³/mol. The number of aromatic nitrogens is 3. The zero-order valence-corrected chi connectivity index (χ0v) is 28.4. The molecule has 0 amide bonds. The van der Waals surface area contributed by atoms with Crippen LogP contribution in [0.3, 0.4) is 0 Å². The maximum Gasteiger partial charge on any atom is 0.352 e. The van der Waals surface area contributed by atoms with Gasteiger partial charge in [-0.2, -0.15) is 0 Å². The summed E-state index contributed by atoms with van der Waals surface area (Å²) in [7, 11) is 0. The summed E-state index contributed by atoms with van der Waals surface area (Å²) in [6.07, 6.45) is 8.03. The topological polar surface area (TPSA) is 89.4 Å². The van der Waals surface area contributed by atoms with Gasteiger partial charge in [0.1, 0.15) is 0 Å². The van der Waals surface area contributed by atoms with Gasteiger partial charge in [0.2, 0.25) is 0 Å². The third-order valence-corrected chi connectivity index (χ3v) is 15.9. The van der Waals surface area contributed by atoms with Crippen molar-refractivity contribution >= 4 is 0 Å². The van der Waals surface area contributed by atoms with Crippen molar-refractivity contribution in [2.75, 3.05) is 6.61 Å². The molecule has 2 aromatic rings. The van der Waals surface area contributed by atoms with E-state index < -0.39 is 5.54 Å². The fraction of sp³-hybridized carbons (Fsp3) is 0.737. The van der Waals surface area contributed by atoms with Gasteiger partial charge in [-0.05, 0) is 120 Å². The minimum atomic E-state index is -0.645. The van der Waals surface area contributed by atoms with Gasteiger partial charge in [-0.1, -0.05) is 66.7 Å². The third kappa shape index (κ3) is 3.17. The molecular formula is C38H53N3O4. The van der Waals surface area contributed by atoms with Gasteiger partial charge in [-0.15, -0.1) is 0 Å². The highest BCUT2D eigenvalue weighted by Crippen LogP contribution is 2.78. The van der Waals surface area contributed by atoms with Gasteiger partial charge in [0.15, 0.2) is 0 Å². The van der Waals surface area contributed by atoms with E-state index in [0.717, 1.165) is 57.8 Å². The lowest BCUT2D eigenvalue weighted by atomic mass is 9.33. The Balaban J connectivity index is 1.45. The van der Waals surface area contributed by atoms with Crippen LogP contribution in [0.1, 0.15) is 112 Å². The van der Waals surface area contributed by atoms with E-state index in [-0.39, 0.29) is 63.1 Å². The summed E-state index contributed by atoms with van der Waals surface area (Å²) < 4.78 is 5.23. The maximum atomic E-state index is 14.9. The second-order valence-corrected chi connectivity index (χ2v) is 17.7. The minimum Gasteiger partial charge on any atom is -0.395 e. The fourth-order valence-electron chi connectivity index (χ4n) is 13.4. The number of aliphatic hydroxyl groups is 2. The van der Waals surface area contributed by atoms with Crippen LogP contribution in [-0.2, 0) is 5.54 Å². The Hall–Kier alpha value is -2.38. The summed E-state index contributed by atoms with van der Waals surface area (Å²) in [5.41, 5.74) is 1.50. The molecule has 4 fully saturated rings. The van der Waals surface area contributed by atoms with Crippen molar-refractivity contribution in [2.24, 2.45) is 44.8 Å². The Morgan fingerprint density at radius 3 is 2.22 bits per heavy atom. The van der Waals surface area contributed by atoms with E-state index in [4.69, 9.17) is 0 Å². The Labute approximate surface area is 267 Å². The lowest BCUT2D eigenvalue weighted by Gasteiger charge is -2.72. The average molecular weight is 616 g/mol. The molecule has 2 heterocycles. The first-order chi connectivity index (χ1) is 21.2. The Bertz CT molecular complexity index is 1730. The van der Waals surface area contributed by atoms with Crippen molar-refractivity contribution in [1.29, 1.82) is 0 Å². The van der Waals surface area contributed by atoms with Crippen molar-refractivity contribution in [2.45, 2.75) is 124 Å². The molecule has 9 atom stereocenters. The van der Waals surface area contributed by atoms with Crippen molar-refractivity contribution in [3.05, 3.63) is 62.4 Å². The molecule has 5 aliphatic carbocycles. The molecular weight excluding hydrogens is 562 g/mol. The van der Waals surface area contributed by atoms with E-state index in [9.17, 15) is 19.8 Å². The number of allylic oxidation sites excluding steroid dienone is 1. The van der Waals surface area contributed by atoms with Gasteiger partial charge in [0, 0.05) is 5.41 Å². The highest BCUT2D eigenvalue weighted by atomic mass is 16.3. The normalized spacial score (nSPS) is 44.3. The number of hydrogen-bond donors (Lipinski definition) is 2. The quantitative estimate of drug-likeness (QED) is 0.403. The van der Waals surface area contributed by atoms with E-state index in [1.54, 1.807) is 0 Å². The second-order valence-electron chi connectivity index (χ2n) is 17.7. The van der Waals surface area contributed by atoms with Crippen LogP contribution < -0.4 is 11.4 Å². The molecule has 4 saturated carbocycles. The van der Waals surface area contributed by atoms with E-state index in [1.807, 2.05) is 39.7 Å². The molecule has 244 valence electrons. The smallest absolute Gasteiger partial charge is 0.352 e. The number of para-hydroxylation sites is 1. The van der Waals surface area contributed by atoms with Crippen LogP contribution in [0.2, 0.25) is 0 Å². The van der Waals surface area contributed by atoms with Crippen molar-refractivity contribution < 1.29 is 10.2 Å². The molecule has 1 aromatic heterocycles. The first kappa shape index (κ1) is 30.0. The second kappa shape index (κ2) is 8.94. The highest BCUT2D eigenvalue weighted by Gasteiger charge is 2.73. The summed E-state index contributed by atoms with van der Waals surface area (Å²) in [5, 5.41) is 22.5. The molecule has 6 aliphatic rings. The van der Waals surface area contributed by atoms with Crippen LogP contribution in [0.5, 0.6) is 0 Å². The molecule has 2 N–H and O–H groups in total. The summed E-state index contributed by atoms with van der Waals surface area (Å²) in [4.78, 5) is 29.6. The summed E-state index contributed by atoms with van der Waals surface area (Å²) in [6.45, 7) is 16.6. The molecule has 7 nitrogen and oxygen atoms in total. The molecule has 0 unspecified atom stereocenters. The van der Waals surface area contributed by atoms with Crippen molar-refractivity contribution in [1.82, 2.24) is 13.9 Å². The predicted octanol–water partition coefficient (Wildman–Crippen LogP) is 6.20. The van der Waals surface area contributed by atoms with Crippen LogP contribution >= 0.6 is 0 Å². The van der Waals surface area contributed by atoms with Gasteiger partial charge >= 0.3 is 11.4 Å². The number of nitrogens with zero attached hydrogens (tertiary/aromatic N) is 3. The number of benzene rings is 1. The van der Waals surface area contributed by atoms with E-state index in [0.29, 0.717) is 17.5 Å². The van der Waals surface area contributed by atoms with Crippen LogP contribution in [0.4, 0.5) is 0 Å². The Kier molecular flexibility index (Phi) is 5.96. The van der Waals surface area contributed by atoms with Crippen LogP contribution in [0, 0.1) is 44.8 Å². The van der Waals surface area contributed by atoms with Crippen molar-refractivity contribution in [3.63, 3.8) is 0 Å². The fourth-order valence-corrected chi connectivity index (χ4v) is 13.4. The molecule has 0 saturated heterocycles. The SMILES string of the molecule is CC(C)[C@@]12CC[C@]3(CO)CC[C@]4(C)C(=C31)[C@H](C[C@@H]1[C@@]3(C)CC[C@H](O)C(C)(C)[C@@H]3CC[C@]14C)n1c(=O)n(-c3ccccc3)c(=O)n12. The zero-order valence-electron chi connectivity index (χ0n) is 28.4. The lowest BCUT2D eigenvalue weighted by Crippen LogP contribution is -2.67. The third-order valence-electron chi connectivity index (χ3n) is 15.9. The maximum absolute atomic E-state index is 14.9. The number of hydrogen-bond acceptors (Lipinski definition) is 4. The van der Waals surface area contributed by atoms with E-state index >= 15 is 0 Å². The summed E-state index contributed by atoms with van der Waals surface area (Å²) >= 11 is 0. The molecule has 7 heteroatoms. The largest absolute Gasteiger partial charge is 0.395 e. The zero-order chi connectivity index (χ0) is 32.1. The Morgan fingerprint density at radius 2 is 1.56 bits per heavy atom. The van der Waals surface area contributed by atoms with Crippen LogP contribution in [0.15, 0.2) is 51.1 Å². The minimum absolute atomic E-state index is 0.0104. The first-order valence-electron chi connectivity index (χ1n) is 17.7. The Morgan fingerprint density at radius 1 is 0.867 bits per heavy atom. The molecule has 0 spiro atoms. The standard InChI is InChI=1S/C38H53N3O4/c1-23(2)38-20-19-37(22-42)18-17-36(7)29(30(37)38)25(40-31(44)39(32(45)41(38)40)24-11-9-8-10-12-24)21-27-34(5)15-14-28(43)33(3,4)26(34)13-16-35(27,36)6/h8-12,23,25-28,42-43H,13-22H2,1-7H3/t25-,26-,27+,28-,34-,35+,36+,37-,38-/m0/s1. The molecule has 1 aromatic carbocycles. The molecule has 1 aliphatic heterocycles. The first-order valence-corrected chi connectivity index (χ1v) is 17.7. The molecule has 8 rings (SSSR count). The number of rotatable bonds is 3. The summed E-state index contributed by atoms with van der Waals surface area (Å²) in [6, 6.07) is 9.20. The summed E-state index contributed by atoms with van der Waals surface area (Å²) in [5.74, 6) is 0.800. The van der Waals surface area contributed by atoms with Gasteiger partial charge in [0.25, 0.3) is 0 Å². The highest BCUT2D eigenvalue weighted by molar-refractivity contribution is 5.48. The average Bonchev–Trinajstić information content (AvgIpc) is 3.49. The number of fused-ring (bicyclic) bond motifs is 7. The molecule has 0 radical (unpaired) electrons. The molecule has 45 heavy (non-hydrogen) atoms. The lowest BCUT2D eigenvalue weighted by molar-refractivity contribution is -0.211.